The summed E-state index contributed by atoms with van der Waals surface area (Å²) < 4.78 is 7.22. The van der Waals surface area contributed by atoms with Crippen molar-refractivity contribution in [2.24, 2.45) is 5.73 Å². The highest BCUT2D eigenvalue weighted by Crippen LogP contribution is 2.05. The number of aromatic nitrogens is 3. The summed E-state index contributed by atoms with van der Waals surface area (Å²) in [6.45, 7) is 4.68. The molecule has 2 aromatic rings. The summed E-state index contributed by atoms with van der Waals surface area (Å²) in [7, 11) is 0. The van der Waals surface area contributed by atoms with Crippen molar-refractivity contribution in [1.82, 2.24) is 20.3 Å². The topological polar surface area (TPSA) is 81.9 Å². The van der Waals surface area contributed by atoms with Gasteiger partial charge in [0.2, 0.25) is 0 Å². The zero-order valence-corrected chi connectivity index (χ0v) is 9.89. The van der Waals surface area contributed by atoms with Gasteiger partial charge in [-0.1, -0.05) is 5.21 Å². The second-order valence-electron chi connectivity index (χ2n) is 3.87. The molecule has 2 rings (SSSR count). The Morgan fingerprint density at radius 1 is 1.47 bits per heavy atom. The minimum atomic E-state index is 0.430. The van der Waals surface area contributed by atoms with E-state index < -0.39 is 0 Å². The molecule has 0 amide bonds. The number of nitrogens with two attached hydrogens (primary N) is 1. The summed E-state index contributed by atoms with van der Waals surface area (Å²) in [6.07, 6.45) is 1.86. The summed E-state index contributed by atoms with van der Waals surface area (Å²) in [6, 6.07) is 3.94. The molecule has 2 heterocycles. The van der Waals surface area contributed by atoms with Crippen LogP contribution in [0.2, 0.25) is 0 Å². The van der Waals surface area contributed by atoms with Crippen LogP contribution < -0.4 is 11.1 Å². The van der Waals surface area contributed by atoms with E-state index in [4.69, 9.17) is 10.2 Å². The molecule has 92 valence electrons. The number of hydrogen-bond donors (Lipinski definition) is 2. The van der Waals surface area contributed by atoms with Crippen LogP contribution in [0.4, 0.5) is 0 Å². The molecule has 6 heteroatoms. The third-order valence-electron chi connectivity index (χ3n) is 2.41. The van der Waals surface area contributed by atoms with Crippen LogP contribution in [-0.2, 0) is 19.6 Å². The smallest absolute Gasteiger partial charge is 0.117 e. The van der Waals surface area contributed by atoms with Crippen molar-refractivity contribution >= 4 is 0 Å². The lowest BCUT2D eigenvalue weighted by atomic mass is 10.4. The van der Waals surface area contributed by atoms with Gasteiger partial charge in [-0.2, -0.15) is 0 Å². The van der Waals surface area contributed by atoms with Crippen molar-refractivity contribution in [2.75, 3.05) is 6.54 Å². The average molecular weight is 235 g/mol. The van der Waals surface area contributed by atoms with Gasteiger partial charge in [-0.05, 0) is 19.1 Å². The monoisotopic (exact) mass is 235 g/mol. The van der Waals surface area contributed by atoms with Gasteiger partial charge >= 0.3 is 0 Å². The molecule has 0 aromatic carbocycles. The Morgan fingerprint density at radius 2 is 2.35 bits per heavy atom. The molecule has 6 nitrogen and oxygen atoms in total. The van der Waals surface area contributed by atoms with E-state index in [1.807, 2.05) is 25.3 Å². The van der Waals surface area contributed by atoms with E-state index in [0.717, 1.165) is 36.8 Å². The first-order chi connectivity index (χ1) is 8.28. The van der Waals surface area contributed by atoms with E-state index in [2.05, 4.69) is 15.6 Å². The molecule has 0 unspecified atom stereocenters. The first-order valence-corrected chi connectivity index (χ1v) is 5.63. The minimum absolute atomic E-state index is 0.430. The Bertz CT molecular complexity index is 462. The van der Waals surface area contributed by atoms with Gasteiger partial charge in [0, 0.05) is 19.3 Å². The fraction of sp³-hybridized carbons (Fsp3) is 0.455. The van der Waals surface area contributed by atoms with Gasteiger partial charge in [0.1, 0.15) is 11.5 Å². The number of furan rings is 1. The normalized spacial score (nSPS) is 10.9. The maximum atomic E-state index is 5.45. The van der Waals surface area contributed by atoms with E-state index in [-0.39, 0.29) is 0 Å². The Balaban J connectivity index is 1.69. The van der Waals surface area contributed by atoms with Crippen molar-refractivity contribution in [3.05, 3.63) is 35.5 Å². The van der Waals surface area contributed by atoms with E-state index in [1.165, 1.54) is 0 Å². The predicted octanol–water partition coefficient (Wildman–Crippen LogP) is 0.428. The van der Waals surface area contributed by atoms with Crippen LogP contribution in [0.15, 0.2) is 22.7 Å². The Morgan fingerprint density at radius 3 is 3.00 bits per heavy atom. The van der Waals surface area contributed by atoms with Crippen molar-refractivity contribution in [2.45, 2.75) is 26.6 Å². The highest BCUT2D eigenvalue weighted by molar-refractivity contribution is 5.05. The van der Waals surface area contributed by atoms with Gasteiger partial charge < -0.3 is 15.5 Å². The van der Waals surface area contributed by atoms with Crippen LogP contribution in [0.5, 0.6) is 0 Å². The zero-order chi connectivity index (χ0) is 12.1. The molecule has 0 saturated carbocycles. The van der Waals surface area contributed by atoms with Crippen LogP contribution in [-0.4, -0.2) is 21.5 Å². The average Bonchev–Trinajstić information content (AvgIpc) is 2.93. The highest BCUT2D eigenvalue weighted by atomic mass is 16.3. The van der Waals surface area contributed by atoms with Crippen LogP contribution >= 0.6 is 0 Å². The van der Waals surface area contributed by atoms with Crippen molar-refractivity contribution < 1.29 is 4.42 Å². The van der Waals surface area contributed by atoms with E-state index in [9.17, 15) is 0 Å². The summed E-state index contributed by atoms with van der Waals surface area (Å²) in [5, 5.41) is 11.2. The molecule has 0 aliphatic rings. The SMILES string of the molecule is Cc1ccc(CNCCn2cc(CN)nn2)o1. The first kappa shape index (κ1) is 11.8. The van der Waals surface area contributed by atoms with Crippen molar-refractivity contribution in [3.63, 3.8) is 0 Å². The second-order valence-corrected chi connectivity index (χ2v) is 3.87. The van der Waals surface area contributed by atoms with Gasteiger partial charge in [0.15, 0.2) is 0 Å². The maximum absolute atomic E-state index is 5.45. The Labute approximate surface area is 99.8 Å². The minimum Gasteiger partial charge on any atom is -0.465 e. The van der Waals surface area contributed by atoms with Gasteiger partial charge in [0.25, 0.3) is 0 Å². The standard InChI is InChI=1S/C11H17N5O/c1-9-2-3-11(17-9)7-13-4-5-16-8-10(6-12)14-15-16/h2-3,8,13H,4-7,12H2,1H3. The molecule has 0 saturated heterocycles. The van der Waals surface area contributed by atoms with Gasteiger partial charge in [-0.25, -0.2) is 0 Å². The van der Waals surface area contributed by atoms with Crippen molar-refractivity contribution in [3.8, 4) is 0 Å². The summed E-state index contributed by atoms with van der Waals surface area (Å²) >= 11 is 0. The second kappa shape index (κ2) is 5.60. The molecule has 2 aromatic heterocycles. The lowest BCUT2D eigenvalue weighted by molar-refractivity contribution is 0.451. The molecule has 3 N–H and O–H groups in total. The summed E-state index contributed by atoms with van der Waals surface area (Å²) in [5.41, 5.74) is 6.26. The molecule has 0 radical (unpaired) electrons. The molecular weight excluding hydrogens is 218 g/mol. The fourth-order valence-electron chi connectivity index (χ4n) is 1.53. The number of rotatable bonds is 6. The fourth-order valence-corrected chi connectivity index (χ4v) is 1.53. The van der Waals surface area contributed by atoms with Gasteiger partial charge in [-0.15, -0.1) is 5.10 Å². The van der Waals surface area contributed by atoms with Crippen molar-refractivity contribution in [1.29, 1.82) is 0 Å². The van der Waals surface area contributed by atoms with E-state index >= 15 is 0 Å². The Kier molecular flexibility index (Phi) is 3.89. The lowest BCUT2D eigenvalue weighted by Gasteiger charge is -2.02. The first-order valence-electron chi connectivity index (χ1n) is 5.63. The molecular formula is C11H17N5O. The third kappa shape index (κ3) is 3.40. The number of nitrogens with zero attached hydrogens (tertiary/aromatic N) is 3. The van der Waals surface area contributed by atoms with Crippen LogP contribution in [0.25, 0.3) is 0 Å². The number of aryl methyl sites for hydroxylation is 1. The van der Waals surface area contributed by atoms with Crippen LogP contribution in [0.1, 0.15) is 17.2 Å². The molecule has 17 heavy (non-hydrogen) atoms. The van der Waals surface area contributed by atoms with Gasteiger partial charge in [0.05, 0.1) is 18.8 Å². The quantitative estimate of drug-likeness (QED) is 0.709. The molecule has 0 fully saturated rings. The van der Waals surface area contributed by atoms with Crippen LogP contribution in [0.3, 0.4) is 0 Å². The largest absolute Gasteiger partial charge is 0.465 e. The molecule has 0 atom stereocenters. The molecule has 0 bridgehead atoms. The molecule has 0 aliphatic heterocycles. The van der Waals surface area contributed by atoms with E-state index in [1.54, 1.807) is 4.68 Å². The van der Waals surface area contributed by atoms with Crippen LogP contribution in [0, 0.1) is 6.92 Å². The maximum Gasteiger partial charge on any atom is 0.117 e. The molecule has 0 aliphatic carbocycles. The summed E-state index contributed by atoms with van der Waals surface area (Å²) in [5.74, 6) is 1.88. The number of hydrogen-bond acceptors (Lipinski definition) is 5. The number of nitrogens with one attached hydrogen (secondary N) is 1. The van der Waals surface area contributed by atoms with E-state index in [0.29, 0.717) is 6.54 Å². The zero-order valence-electron chi connectivity index (χ0n) is 9.89. The van der Waals surface area contributed by atoms with Gasteiger partial charge in [-0.3, -0.25) is 4.68 Å². The third-order valence-corrected chi connectivity index (χ3v) is 2.41. The summed E-state index contributed by atoms with van der Waals surface area (Å²) in [4.78, 5) is 0. The Hall–Kier alpha value is -1.66. The highest BCUT2D eigenvalue weighted by Gasteiger charge is 1.99. The molecule has 0 spiro atoms. The lowest BCUT2D eigenvalue weighted by Crippen LogP contribution is -2.19. The predicted molar refractivity (Wildman–Crippen MR) is 63.1 cm³/mol.